The van der Waals surface area contributed by atoms with Crippen LogP contribution in [0.25, 0.3) is 0 Å². The van der Waals surface area contributed by atoms with Crippen LogP contribution in [0.4, 0.5) is 0 Å². The SMILES string of the molecule is CN=C(NCC1(O)CCCCC1)NC1CN(C(C)C)CC1C.I. The molecule has 1 heterocycles. The molecule has 2 aliphatic rings. The highest BCUT2D eigenvalue weighted by Crippen LogP contribution is 2.27. The monoisotopic (exact) mass is 438 g/mol. The van der Waals surface area contributed by atoms with E-state index in [0.29, 0.717) is 24.5 Å². The first-order valence-corrected chi connectivity index (χ1v) is 8.87. The van der Waals surface area contributed by atoms with E-state index in [-0.39, 0.29) is 24.0 Å². The van der Waals surface area contributed by atoms with Gasteiger partial charge in [-0.2, -0.15) is 0 Å². The summed E-state index contributed by atoms with van der Waals surface area (Å²) in [6, 6.07) is 1.02. The van der Waals surface area contributed by atoms with Gasteiger partial charge in [0.1, 0.15) is 0 Å². The van der Waals surface area contributed by atoms with Crippen LogP contribution in [0.1, 0.15) is 52.9 Å². The topological polar surface area (TPSA) is 59.9 Å². The molecule has 0 radical (unpaired) electrons. The van der Waals surface area contributed by atoms with Crippen LogP contribution in [0, 0.1) is 5.92 Å². The molecular formula is C17H35IN4O. The van der Waals surface area contributed by atoms with Crippen molar-refractivity contribution in [3.8, 4) is 0 Å². The fourth-order valence-electron chi connectivity index (χ4n) is 3.62. The number of rotatable bonds is 4. The van der Waals surface area contributed by atoms with Gasteiger partial charge in [0.2, 0.25) is 0 Å². The van der Waals surface area contributed by atoms with Crippen LogP contribution in [0.2, 0.25) is 0 Å². The second-order valence-electron chi connectivity index (χ2n) is 7.49. The molecule has 0 spiro atoms. The van der Waals surface area contributed by atoms with Gasteiger partial charge in [-0.1, -0.05) is 26.2 Å². The van der Waals surface area contributed by atoms with Crippen molar-refractivity contribution >= 4 is 29.9 Å². The summed E-state index contributed by atoms with van der Waals surface area (Å²) in [7, 11) is 1.81. The second-order valence-corrected chi connectivity index (χ2v) is 7.49. The van der Waals surface area contributed by atoms with Gasteiger partial charge < -0.3 is 15.7 Å². The van der Waals surface area contributed by atoms with Crippen molar-refractivity contribution in [1.29, 1.82) is 0 Å². The smallest absolute Gasteiger partial charge is 0.191 e. The Morgan fingerprint density at radius 1 is 1.26 bits per heavy atom. The Balaban J connectivity index is 0.00000264. The summed E-state index contributed by atoms with van der Waals surface area (Å²) in [5, 5.41) is 17.5. The van der Waals surface area contributed by atoms with Crippen LogP contribution in [-0.4, -0.2) is 60.3 Å². The standard InChI is InChI=1S/C17H34N4O.HI/c1-13(2)21-10-14(3)15(11-21)20-16(18-4)19-12-17(22)8-6-5-7-9-17;/h13-15,22H,5-12H2,1-4H3,(H2,18,19,20);1H. The molecule has 2 rings (SSSR count). The summed E-state index contributed by atoms with van der Waals surface area (Å²) >= 11 is 0. The summed E-state index contributed by atoms with van der Waals surface area (Å²) in [5.74, 6) is 1.43. The Bertz CT molecular complexity index is 383. The summed E-state index contributed by atoms with van der Waals surface area (Å²) in [6.45, 7) is 9.59. The minimum atomic E-state index is -0.554. The van der Waals surface area contributed by atoms with Crippen LogP contribution >= 0.6 is 24.0 Å². The van der Waals surface area contributed by atoms with Crippen LogP contribution in [0.5, 0.6) is 0 Å². The van der Waals surface area contributed by atoms with E-state index < -0.39 is 5.60 Å². The molecule has 2 fully saturated rings. The summed E-state index contributed by atoms with van der Waals surface area (Å²) in [4.78, 5) is 6.84. The number of hydrogen-bond donors (Lipinski definition) is 3. The van der Waals surface area contributed by atoms with Crippen molar-refractivity contribution in [2.24, 2.45) is 10.9 Å². The average molecular weight is 438 g/mol. The maximum absolute atomic E-state index is 10.6. The summed E-state index contributed by atoms with van der Waals surface area (Å²) < 4.78 is 0. The van der Waals surface area contributed by atoms with Crippen molar-refractivity contribution in [3.05, 3.63) is 0 Å². The number of guanidine groups is 1. The molecule has 0 bridgehead atoms. The lowest BCUT2D eigenvalue weighted by atomic mass is 9.85. The summed E-state index contributed by atoms with van der Waals surface area (Å²) in [6.07, 6.45) is 5.32. The average Bonchev–Trinajstić information content (AvgIpc) is 2.85. The Kier molecular flexibility index (Phi) is 8.58. The minimum Gasteiger partial charge on any atom is -0.388 e. The van der Waals surface area contributed by atoms with Gasteiger partial charge in [0, 0.05) is 38.8 Å². The second kappa shape index (κ2) is 9.42. The lowest BCUT2D eigenvalue weighted by Gasteiger charge is -2.33. The molecule has 6 heteroatoms. The molecule has 1 aliphatic heterocycles. The van der Waals surface area contributed by atoms with Gasteiger partial charge in [-0.3, -0.25) is 9.89 Å². The van der Waals surface area contributed by atoms with Crippen molar-refractivity contribution in [2.75, 3.05) is 26.7 Å². The van der Waals surface area contributed by atoms with Gasteiger partial charge in [0.25, 0.3) is 0 Å². The highest BCUT2D eigenvalue weighted by atomic mass is 127. The molecular weight excluding hydrogens is 403 g/mol. The van der Waals surface area contributed by atoms with Gasteiger partial charge >= 0.3 is 0 Å². The van der Waals surface area contributed by atoms with Gasteiger partial charge in [-0.25, -0.2) is 0 Å². The molecule has 0 aromatic rings. The van der Waals surface area contributed by atoms with E-state index in [0.717, 1.165) is 44.7 Å². The number of halogens is 1. The zero-order chi connectivity index (χ0) is 16.2. The lowest BCUT2D eigenvalue weighted by molar-refractivity contribution is 0.00855. The molecule has 23 heavy (non-hydrogen) atoms. The fourth-order valence-corrected chi connectivity index (χ4v) is 3.62. The van der Waals surface area contributed by atoms with E-state index in [4.69, 9.17) is 0 Å². The molecule has 136 valence electrons. The van der Waals surface area contributed by atoms with Gasteiger partial charge in [-0.05, 0) is 32.6 Å². The first-order chi connectivity index (χ1) is 10.4. The maximum atomic E-state index is 10.6. The molecule has 0 aromatic carbocycles. The highest BCUT2D eigenvalue weighted by molar-refractivity contribution is 14.0. The predicted molar refractivity (Wildman–Crippen MR) is 108 cm³/mol. The minimum absolute atomic E-state index is 0. The molecule has 3 N–H and O–H groups in total. The fraction of sp³-hybridized carbons (Fsp3) is 0.941. The largest absolute Gasteiger partial charge is 0.388 e. The maximum Gasteiger partial charge on any atom is 0.191 e. The number of aliphatic hydroxyl groups is 1. The number of hydrogen-bond acceptors (Lipinski definition) is 3. The first kappa shape index (κ1) is 21.0. The third-order valence-corrected chi connectivity index (χ3v) is 5.29. The molecule has 5 nitrogen and oxygen atoms in total. The number of nitrogens with zero attached hydrogens (tertiary/aromatic N) is 2. The van der Waals surface area contributed by atoms with Crippen LogP contribution in [0.15, 0.2) is 4.99 Å². The number of aliphatic imine (C=N–C) groups is 1. The molecule has 0 amide bonds. The number of likely N-dealkylation sites (tertiary alicyclic amines) is 1. The van der Waals surface area contributed by atoms with Crippen LogP contribution in [0.3, 0.4) is 0 Å². The Morgan fingerprint density at radius 3 is 2.43 bits per heavy atom. The van der Waals surface area contributed by atoms with Gasteiger partial charge in [0.15, 0.2) is 5.96 Å². The van der Waals surface area contributed by atoms with Crippen molar-refractivity contribution in [3.63, 3.8) is 0 Å². The summed E-state index contributed by atoms with van der Waals surface area (Å²) in [5.41, 5.74) is -0.554. The normalized spacial score (nSPS) is 28.5. The van der Waals surface area contributed by atoms with Crippen molar-refractivity contribution < 1.29 is 5.11 Å². The Morgan fingerprint density at radius 2 is 1.91 bits per heavy atom. The van der Waals surface area contributed by atoms with Crippen molar-refractivity contribution in [1.82, 2.24) is 15.5 Å². The van der Waals surface area contributed by atoms with Crippen molar-refractivity contribution in [2.45, 2.75) is 70.6 Å². The molecule has 1 saturated carbocycles. The van der Waals surface area contributed by atoms with E-state index in [9.17, 15) is 5.11 Å². The zero-order valence-electron chi connectivity index (χ0n) is 15.1. The zero-order valence-corrected chi connectivity index (χ0v) is 17.5. The van der Waals surface area contributed by atoms with Gasteiger partial charge in [0.05, 0.1) is 5.60 Å². The number of nitrogens with one attached hydrogen (secondary N) is 2. The van der Waals surface area contributed by atoms with E-state index in [1.165, 1.54) is 6.42 Å². The third kappa shape index (κ3) is 6.05. The highest BCUT2D eigenvalue weighted by Gasteiger charge is 2.32. The van der Waals surface area contributed by atoms with E-state index in [2.05, 4.69) is 41.3 Å². The predicted octanol–water partition coefficient (Wildman–Crippen LogP) is 2.19. The quantitative estimate of drug-likeness (QED) is 0.358. The molecule has 2 atom stereocenters. The van der Waals surface area contributed by atoms with Crippen LogP contribution < -0.4 is 10.6 Å². The van der Waals surface area contributed by atoms with Gasteiger partial charge in [-0.15, -0.1) is 24.0 Å². The lowest BCUT2D eigenvalue weighted by Crippen LogP contribution is -2.51. The van der Waals surface area contributed by atoms with E-state index in [1.807, 2.05) is 0 Å². The molecule has 2 unspecified atom stereocenters. The molecule has 0 aromatic heterocycles. The van der Waals surface area contributed by atoms with E-state index >= 15 is 0 Å². The third-order valence-electron chi connectivity index (χ3n) is 5.29. The molecule has 1 saturated heterocycles. The Hall–Kier alpha value is -0.0800. The molecule has 1 aliphatic carbocycles. The first-order valence-electron chi connectivity index (χ1n) is 8.87. The van der Waals surface area contributed by atoms with E-state index in [1.54, 1.807) is 7.05 Å². The van der Waals surface area contributed by atoms with Crippen LogP contribution in [-0.2, 0) is 0 Å². The Labute approximate surface area is 158 Å².